The number of halogens is 2. The van der Waals surface area contributed by atoms with Crippen molar-refractivity contribution >= 4 is 46.0 Å². The molecule has 1 aliphatic heterocycles. The van der Waals surface area contributed by atoms with Crippen LogP contribution in [0.25, 0.3) is 28.0 Å². The molecule has 1 aliphatic rings. The van der Waals surface area contributed by atoms with Crippen molar-refractivity contribution in [3.05, 3.63) is 87.0 Å². The summed E-state index contributed by atoms with van der Waals surface area (Å²) in [5, 5.41) is 1.58. The lowest BCUT2D eigenvalue weighted by Crippen LogP contribution is -2.58. The molecule has 1 aromatic carbocycles. The first-order valence-electron chi connectivity index (χ1n) is 13.6. The van der Waals surface area contributed by atoms with E-state index in [1.165, 1.54) is 6.08 Å². The summed E-state index contributed by atoms with van der Waals surface area (Å²) in [6.07, 6.45) is 3.08. The molecule has 0 saturated carbocycles. The van der Waals surface area contributed by atoms with E-state index in [2.05, 4.69) is 21.4 Å². The molecule has 0 bridgehead atoms. The summed E-state index contributed by atoms with van der Waals surface area (Å²) in [6.45, 7) is 14.6. The van der Waals surface area contributed by atoms with Gasteiger partial charge in [-0.1, -0.05) is 55.8 Å². The third-order valence-electron chi connectivity index (χ3n) is 7.54. The molecule has 212 valence electrons. The maximum absolute atomic E-state index is 14.0. The van der Waals surface area contributed by atoms with Crippen molar-refractivity contribution in [2.75, 3.05) is 18.0 Å². The van der Waals surface area contributed by atoms with Crippen molar-refractivity contribution in [2.45, 2.75) is 52.6 Å². The highest BCUT2D eigenvalue weighted by Crippen LogP contribution is 2.36. The summed E-state index contributed by atoms with van der Waals surface area (Å²) < 4.78 is 1.55. The first-order chi connectivity index (χ1) is 19.5. The molecule has 8 nitrogen and oxygen atoms in total. The fraction of sp³-hybridized carbons (Fsp3) is 0.323. The van der Waals surface area contributed by atoms with Gasteiger partial charge in [0.25, 0.3) is 0 Å². The minimum absolute atomic E-state index is 0.0440. The van der Waals surface area contributed by atoms with Gasteiger partial charge in [-0.15, -0.1) is 0 Å². The number of benzene rings is 1. The van der Waals surface area contributed by atoms with Crippen LogP contribution in [0.5, 0.6) is 0 Å². The molecular formula is C31H32Cl2N6O2. The third-order valence-corrected chi connectivity index (χ3v) is 8.06. The zero-order valence-corrected chi connectivity index (χ0v) is 25.2. The average Bonchev–Trinajstić information content (AvgIpc) is 2.93. The standard InChI is InChI=1S/C31H32Cl2N6O2/c1-7-25(40)37-15-20(6)38(16-19(37)5)29-23-14-24(33)27(21-9-8-10-22(32)13-21)35-30(23)39(31(41)36-29)28-18(4)11-12-34-26(28)17(2)3/h7-14,17,19-20H,1,15-16H2,2-6H3/t19-,20+/m1/s1. The first kappa shape index (κ1) is 28.8. The van der Waals surface area contributed by atoms with Crippen LogP contribution >= 0.6 is 23.2 Å². The highest BCUT2D eigenvalue weighted by molar-refractivity contribution is 6.34. The number of fused-ring (bicyclic) bond motifs is 1. The minimum atomic E-state index is -0.471. The van der Waals surface area contributed by atoms with E-state index >= 15 is 0 Å². The quantitative estimate of drug-likeness (QED) is 0.257. The van der Waals surface area contributed by atoms with E-state index in [-0.39, 0.29) is 23.9 Å². The molecule has 0 spiro atoms. The van der Waals surface area contributed by atoms with Crippen LogP contribution in [0.4, 0.5) is 5.82 Å². The monoisotopic (exact) mass is 590 g/mol. The molecule has 0 unspecified atom stereocenters. The number of rotatable bonds is 5. The molecule has 0 N–H and O–H groups in total. The van der Waals surface area contributed by atoms with Gasteiger partial charge in [-0.3, -0.25) is 9.78 Å². The van der Waals surface area contributed by atoms with E-state index in [9.17, 15) is 9.59 Å². The highest BCUT2D eigenvalue weighted by atomic mass is 35.5. The molecule has 3 aromatic heterocycles. The molecule has 2 atom stereocenters. The van der Waals surface area contributed by atoms with Crippen molar-refractivity contribution in [2.24, 2.45) is 0 Å². The Labute approximate surface area is 249 Å². The summed E-state index contributed by atoms with van der Waals surface area (Å²) >= 11 is 13.2. The second-order valence-electron chi connectivity index (χ2n) is 10.8. The Hall–Kier alpha value is -3.75. The minimum Gasteiger partial charge on any atom is -0.349 e. The number of nitrogens with zero attached hydrogens (tertiary/aromatic N) is 6. The van der Waals surface area contributed by atoms with E-state index < -0.39 is 5.69 Å². The van der Waals surface area contributed by atoms with Gasteiger partial charge in [-0.25, -0.2) is 14.3 Å². The maximum atomic E-state index is 14.0. The number of anilines is 1. The average molecular weight is 592 g/mol. The van der Waals surface area contributed by atoms with Crippen LogP contribution in [0.15, 0.2) is 60.0 Å². The van der Waals surface area contributed by atoms with Gasteiger partial charge in [-0.05, 0) is 62.6 Å². The Morgan fingerprint density at radius 2 is 1.85 bits per heavy atom. The molecule has 4 heterocycles. The molecule has 4 aromatic rings. The summed E-state index contributed by atoms with van der Waals surface area (Å²) in [5.41, 5.74) is 3.48. The largest absolute Gasteiger partial charge is 0.355 e. The number of aromatic nitrogens is 4. The van der Waals surface area contributed by atoms with E-state index in [4.69, 9.17) is 28.2 Å². The number of aryl methyl sites for hydroxylation is 1. The van der Waals surface area contributed by atoms with Crippen LogP contribution in [0, 0.1) is 6.92 Å². The lowest BCUT2D eigenvalue weighted by atomic mass is 10.0. The molecular weight excluding hydrogens is 559 g/mol. The van der Waals surface area contributed by atoms with Crippen LogP contribution in [-0.4, -0.2) is 55.5 Å². The molecule has 0 aliphatic carbocycles. The second-order valence-corrected chi connectivity index (χ2v) is 11.7. The number of carbonyl (C=O) groups excluding carboxylic acids is 1. The van der Waals surface area contributed by atoms with Crippen molar-refractivity contribution in [3.8, 4) is 16.9 Å². The topological polar surface area (TPSA) is 84.2 Å². The Kier molecular flexibility index (Phi) is 7.90. The van der Waals surface area contributed by atoms with Crippen molar-refractivity contribution < 1.29 is 4.79 Å². The maximum Gasteiger partial charge on any atom is 0.355 e. The van der Waals surface area contributed by atoms with Crippen LogP contribution in [0.1, 0.15) is 44.9 Å². The smallest absolute Gasteiger partial charge is 0.349 e. The van der Waals surface area contributed by atoms with Gasteiger partial charge in [0.2, 0.25) is 5.91 Å². The molecule has 0 radical (unpaired) electrons. The second kappa shape index (κ2) is 11.3. The zero-order chi connectivity index (χ0) is 29.6. The summed E-state index contributed by atoms with van der Waals surface area (Å²) in [7, 11) is 0. The van der Waals surface area contributed by atoms with Gasteiger partial charge in [0.05, 0.1) is 27.5 Å². The Morgan fingerprint density at radius 1 is 1.10 bits per heavy atom. The summed E-state index contributed by atoms with van der Waals surface area (Å²) in [4.78, 5) is 44.6. The lowest BCUT2D eigenvalue weighted by molar-refractivity contribution is -0.128. The Morgan fingerprint density at radius 3 is 2.54 bits per heavy atom. The number of pyridine rings is 2. The van der Waals surface area contributed by atoms with Crippen LogP contribution in [0.2, 0.25) is 10.0 Å². The summed E-state index contributed by atoms with van der Waals surface area (Å²) in [5.74, 6) is 0.398. The predicted octanol–water partition coefficient (Wildman–Crippen LogP) is 6.19. The summed E-state index contributed by atoms with van der Waals surface area (Å²) in [6, 6.07) is 10.7. The SMILES string of the molecule is C=CC(=O)N1C[C@H](C)N(c2nc(=O)n(-c3c(C)ccnc3C(C)C)c3nc(-c4cccc(Cl)c4)c(Cl)cc23)C[C@H]1C. The number of hydrogen-bond acceptors (Lipinski definition) is 6. The third kappa shape index (κ3) is 5.22. The van der Waals surface area contributed by atoms with Crippen LogP contribution < -0.4 is 10.6 Å². The normalized spacial score (nSPS) is 17.4. The predicted molar refractivity (Wildman–Crippen MR) is 165 cm³/mol. The number of carbonyl (C=O) groups is 1. The molecule has 5 rings (SSSR count). The lowest BCUT2D eigenvalue weighted by Gasteiger charge is -2.44. The van der Waals surface area contributed by atoms with E-state index in [0.29, 0.717) is 51.4 Å². The van der Waals surface area contributed by atoms with Gasteiger partial charge in [0.15, 0.2) is 5.65 Å². The molecule has 1 saturated heterocycles. The van der Waals surface area contributed by atoms with Crippen LogP contribution in [-0.2, 0) is 4.79 Å². The van der Waals surface area contributed by atoms with Crippen LogP contribution in [0.3, 0.4) is 0 Å². The number of hydrogen-bond donors (Lipinski definition) is 0. The van der Waals surface area contributed by atoms with Gasteiger partial charge in [0.1, 0.15) is 5.82 Å². The number of piperazine rings is 1. The van der Waals surface area contributed by atoms with Gasteiger partial charge < -0.3 is 9.80 Å². The fourth-order valence-electron chi connectivity index (χ4n) is 5.50. The highest BCUT2D eigenvalue weighted by Gasteiger charge is 2.34. The first-order valence-corrected chi connectivity index (χ1v) is 14.3. The molecule has 41 heavy (non-hydrogen) atoms. The Bertz CT molecular complexity index is 1730. The van der Waals surface area contributed by atoms with Gasteiger partial charge in [0, 0.05) is 42.0 Å². The number of amides is 1. The van der Waals surface area contributed by atoms with E-state index in [1.807, 2.05) is 58.9 Å². The zero-order valence-electron chi connectivity index (χ0n) is 23.7. The van der Waals surface area contributed by atoms with Crippen molar-refractivity contribution in [1.29, 1.82) is 0 Å². The van der Waals surface area contributed by atoms with Gasteiger partial charge >= 0.3 is 5.69 Å². The molecule has 1 fully saturated rings. The molecule has 1 amide bonds. The van der Waals surface area contributed by atoms with Crippen molar-refractivity contribution in [1.82, 2.24) is 24.4 Å². The van der Waals surface area contributed by atoms with E-state index in [1.54, 1.807) is 27.8 Å². The fourth-order valence-corrected chi connectivity index (χ4v) is 5.95. The van der Waals surface area contributed by atoms with Gasteiger partial charge in [-0.2, -0.15) is 4.98 Å². The molecule has 10 heteroatoms. The Balaban J connectivity index is 1.82. The van der Waals surface area contributed by atoms with E-state index in [0.717, 1.165) is 16.8 Å². The van der Waals surface area contributed by atoms with Crippen molar-refractivity contribution in [3.63, 3.8) is 0 Å².